The first-order valence-corrected chi connectivity index (χ1v) is 8.27. The van der Waals surface area contributed by atoms with Crippen LogP contribution in [-0.4, -0.2) is 11.5 Å². The van der Waals surface area contributed by atoms with Crippen LogP contribution in [0.1, 0.15) is 27.0 Å². The van der Waals surface area contributed by atoms with Gasteiger partial charge in [0.25, 0.3) is 0 Å². The summed E-state index contributed by atoms with van der Waals surface area (Å²) in [6.45, 7) is 0. The van der Waals surface area contributed by atoms with Gasteiger partial charge in [0.2, 0.25) is 0 Å². The van der Waals surface area contributed by atoms with Gasteiger partial charge in [-0.15, -0.1) is 0 Å². The maximum absolute atomic E-state index is 12.9. The van der Waals surface area contributed by atoms with Crippen molar-refractivity contribution in [2.45, 2.75) is 9.79 Å². The average molecular weight is 313 g/mol. The summed E-state index contributed by atoms with van der Waals surface area (Å²) >= 11 is 1.68. The first-order chi connectivity index (χ1) is 11.3. The van der Waals surface area contributed by atoms with Crippen LogP contribution in [0.15, 0.2) is 81.5 Å². The topological polar surface area (TPSA) is 29.4 Å². The van der Waals surface area contributed by atoms with E-state index in [1.54, 1.807) is 11.8 Å². The third-order valence-electron chi connectivity index (χ3n) is 4.25. The summed E-state index contributed by atoms with van der Waals surface area (Å²) in [4.78, 5) is 20.0. The Morgan fingerprint density at radius 3 is 2.30 bits per heavy atom. The Morgan fingerprint density at radius 2 is 1.39 bits per heavy atom. The summed E-state index contributed by atoms with van der Waals surface area (Å²) in [6, 6.07) is 21.8. The van der Waals surface area contributed by atoms with Crippen LogP contribution in [0.2, 0.25) is 0 Å². The van der Waals surface area contributed by atoms with Gasteiger partial charge >= 0.3 is 0 Å². The molecule has 0 radical (unpaired) electrons. The van der Waals surface area contributed by atoms with E-state index in [0.29, 0.717) is 0 Å². The minimum atomic E-state index is 0.0861. The smallest absolute Gasteiger partial charge is 0.194 e. The molecule has 1 aliphatic carbocycles. The van der Waals surface area contributed by atoms with E-state index in [2.05, 4.69) is 12.1 Å². The molecule has 1 heterocycles. The van der Waals surface area contributed by atoms with Crippen LogP contribution in [0.25, 0.3) is 0 Å². The van der Waals surface area contributed by atoms with Gasteiger partial charge in [-0.25, -0.2) is 4.99 Å². The highest BCUT2D eigenvalue weighted by Gasteiger charge is 2.31. The van der Waals surface area contributed by atoms with Gasteiger partial charge in [-0.1, -0.05) is 60.3 Å². The fourth-order valence-corrected chi connectivity index (χ4v) is 4.26. The fraction of sp³-hybridized carbons (Fsp3) is 0. The molecule has 0 unspecified atom stereocenters. The molecule has 0 saturated carbocycles. The summed E-state index contributed by atoms with van der Waals surface area (Å²) in [5, 5.41) is 0. The van der Waals surface area contributed by atoms with Crippen LogP contribution in [0.3, 0.4) is 0 Å². The molecule has 3 heteroatoms. The number of fused-ring (bicyclic) bond motifs is 3. The molecule has 2 nitrogen and oxygen atoms in total. The van der Waals surface area contributed by atoms with Gasteiger partial charge in [-0.2, -0.15) is 0 Å². The van der Waals surface area contributed by atoms with E-state index < -0.39 is 0 Å². The van der Waals surface area contributed by atoms with E-state index in [0.717, 1.165) is 43.4 Å². The van der Waals surface area contributed by atoms with Crippen molar-refractivity contribution in [2.75, 3.05) is 0 Å². The van der Waals surface area contributed by atoms with Gasteiger partial charge in [0.15, 0.2) is 5.78 Å². The van der Waals surface area contributed by atoms with Crippen LogP contribution < -0.4 is 0 Å². The van der Waals surface area contributed by atoms with E-state index >= 15 is 0 Å². The highest BCUT2D eigenvalue weighted by atomic mass is 32.2. The van der Waals surface area contributed by atoms with Crippen molar-refractivity contribution < 1.29 is 4.79 Å². The molecule has 5 rings (SSSR count). The summed E-state index contributed by atoms with van der Waals surface area (Å²) in [5.41, 5.74) is 5.25. The first-order valence-electron chi connectivity index (χ1n) is 7.46. The zero-order valence-electron chi connectivity index (χ0n) is 12.1. The Labute approximate surface area is 137 Å². The second-order valence-electron chi connectivity index (χ2n) is 5.58. The minimum Gasteiger partial charge on any atom is -0.289 e. The van der Waals surface area contributed by atoms with Crippen molar-refractivity contribution in [3.8, 4) is 0 Å². The minimum absolute atomic E-state index is 0.0861. The molecule has 0 spiro atoms. The van der Waals surface area contributed by atoms with Crippen molar-refractivity contribution in [3.63, 3.8) is 0 Å². The molecule has 0 amide bonds. The Bertz CT molecular complexity index is 1020. The number of aliphatic imine (C=N–C) groups is 1. The molecule has 0 fully saturated rings. The number of carbonyl (C=O) groups excluding carboxylic acids is 1. The maximum Gasteiger partial charge on any atom is 0.194 e. The number of hydrogen-bond acceptors (Lipinski definition) is 3. The van der Waals surface area contributed by atoms with Gasteiger partial charge in [0, 0.05) is 32.0 Å². The number of carbonyl (C=O) groups is 1. The third-order valence-corrected chi connectivity index (χ3v) is 5.38. The molecular formula is C20H11NOS. The van der Waals surface area contributed by atoms with Crippen molar-refractivity contribution in [2.24, 2.45) is 4.99 Å². The molecule has 3 aromatic carbocycles. The lowest BCUT2D eigenvalue weighted by atomic mass is 9.83. The molecule has 1 aliphatic heterocycles. The summed E-state index contributed by atoms with van der Waals surface area (Å²) in [5.74, 6) is 0.0861. The van der Waals surface area contributed by atoms with Crippen LogP contribution in [0.4, 0.5) is 5.69 Å². The van der Waals surface area contributed by atoms with Crippen molar-refractivity contribution in [1.29, 1.82) is 0 Å². The monoisotopic (exact) mass is 313 g/mol. The molecule has 108 valence electrons. The normalized spacial score (nSPS) is 14.3. The highest BCUT2D eigenvalue weighted by Crippen LogP contribution is 2.44. The van der Waals surface area contributed by atoms with E-state index in [1.807, 2.05) is 54.6 Å². The van der Waals surface area contributed by atoms with Gasteiger partial charge in [-0.05, 0) is 18.2 Å². The van der Waals surface area contributed by atoms with Gasteiger partial charge in [0.1, 0.15) is 0 Å². The lowest BCUT2D eigenvalue weighted by Gasteiger charge is -2.21. The zero-order chi connectivity index (χ0) is 15.4. The third kappa shape index (κ3) is 1.77. The van der Waals surface area contributed by atoms with Crippen LogP contribution in [0, 0.1) is 0 Å². The summed E-state index contributed by atoms with van der Waals surface area (Å²) in [6.07, 6.45) is 0. The SMILES string of the molecule is O=C1c2ccccc2C2=Nc3ccccc3Sc3cccc1c32. The van der Waals surface area contributed by atoms with E-state index in [4.69, 9.17) is 4.99 Å². The largest absolute Gasteiger partial charge is 0.289 e. The number of ketones is 1. The number of hydrogen-bond donors (Lipinski definition) is 0. The van der Waals surface area contributed by atoms with Crippen LogP contribution in [-0.2, 0) is 0 Å². The molecule has 0 aromatic heterocycles. The predicted octanol–water partition coefficient (Wildman–Crippen LogP) is 4.86. The van der Waals surface area contributed by atoms with Crippen molar-refractivity contribution in [3.05, 3.63) is 89.0 Å². The molecule has 0 atom stereocenters. The van der Waals surface area contributed by atoms with Crippen molar-refractivity contribution in [1.82, 2.24) is 0 Å². The van der Waals surface area contributed by atoms with Gasteiger partial charge < -0.3 is 0 Å². The predicted molar refractivity (Wildman–Crippen MR) is 92.2 cm³/mol. The molecule has 0 saturated heterocycles. The Kier molecular flexibility index (Phi) is 2.61. The van der Waals surface area contributed by atoms with E-state index in [9.17, 15) is 4.79 Å². The van der Waals surface area contributed by atoms with Gasteiger partial charge in [-0.3, -0.25) is 4.79 Å². The Balaban J connectivity index is 1.93. The second kappa shape index (κ2) is 4.67. The maximum atomic E-state index is 12.9. The fourth-order valence-electron chi connectivity index (χ4n) is 3.21. The lowest BCUT2D eigenvalue weighted by Crippen LogP contribution is -2.21. The summed E-state index contributed by atoms with van der Waals surface area (Å²) < 4.78 is 0. The number of para-hydroxylation sites is 1. The average Bonchev–Trinajstić information content (AvgIpc) is 2.77. The van der Waals surface area contributed by atoms with Crippen LogP contribution >= 0.6 is 11.8 Å². The van der Waals surface area contributed by atoms with E-state index in [1.165, 1.54) is 0 Å². The number of nitrogens with zero attached hydrogens (tertiary/aromatic N) is 1. The number of rotatable bonds is 0. The molecule has 2 aliphatic rings. The van der Waals surface area contributed by atoms with Gasteiger partial charge in [0.05, 0.1) is 11.4 Å². The Hall–Kier alpha value is -2.65. The molecular weight excluding hydrogens is 302 g/mol. The molecule has 3 aromatic rings. The van der Waals surface area contributed by atoms with E-state index in [-0.39, 0.29) is 5.78 Å². The Morgan fingerprint density at radius 1 is 0.696 bits per heavy atom. The molecule has 23 heavy (non-hydrogen) atoms. The van der Waals surface area contributed by atoms with Crippen molar-refractivity contribution >= 4 is 28.9 Å². The second-order valence-corrected chi connectivity index (χ2v) is 6.67. The van der Waals surface area contributed by atoms with Crippen LogP contribution in [0.5, 0.6) is 0 Å². The first kappa shape index (κ1) is 12.9. The number of benzene rings is 3. The molecule has 0 N–H and O–H groups in total. The quantitative estimate of drug-likeness (QED) is 0.408. The molecule has 0 bridgehead atoms. The standard InChI is InChI=1S/C20H11NOS/c22-20-13-7-2-1-6-12(13)19-18-14(20)8-5-11-17(18)23-16-10-4-3-9-15(16)21-19/h1-11H. The highest BCUT2D eigenvalue weighted by molar-refractivity contribution is 7.99. The summed E-state index contributed by atoms with van der Waals surface area (Å²) in [7, 11) is 0. The lowest BCUT2D eigenvalue weighted by molar-refractivity contribution is 0.103. The zero-order valence-corrected chi connectivity index (χ0v) is 12.9.